The Bertz CT molecular complexity index is 1250. The Balaban J connectivity index is 1.45. The Morgan fingerprint density at radius 3 is 2.44 bits per heavy atom. The molecule has 0 spiro atoms. The molecular formula is C26H24N2O6. The average molecular weight is 460 g/mol. The largest absolute Gasteiger partial charge is 0.493 e. The third kappa shape index (κ3) is 3.92. The van der Waals surface area contributed by atoms with Crippen LogP contribution in [-0.2, 0) is 13.1 Å². The van der Waals surface area contributed by atoms with Crippen LogP contribution in [-0.4, -0.2) is 43.7 Å². The van der Waals surface area contributed by atoms with E-state index < -0.39 is 0 Å². The van der Waals surface area contributed by atoms with Crippen LogP contribution in [0.3, 0.4) is 0 Å². The second-order valence-electron chi connectivity index (χ2n) is 7.93. The molecule has 0 atom stereocenters. The number of benzene rings is 2. The minimum absolute atomic E-state index is 0.183. The maximum atomic E-state index is 13.1. The smallest absolute Gasteiger partial charge is 0.231 e. The number of ether oxygens (including phenoxy) is 5. The van der Waals surface area contributed by atoms with Crippen LogP contribution in [0.1, 0.15) is 27.0 Å². The highest BCUT2D eigenvalue weighted by Gasteiger charge is 2.33. The molecule has 0 unspecified atom stereocenters. The lowest BCUT2D eigenvalue weighted by atomic mass is 10.0. The van der Waals surface area contributed by atoms with E-state index in [4.69, 9.17) is 23.7 Å². The number of nitrogens with zero attached hydrogens (tertiary/aromatic N) is 2. The first-order valence-electron chi connectivity index (χ1n) is 10.8. The summed E-state index contributed by atoms with van der Waals surface area (Å²) >= 11 is 0. The molecule has 2 aliphatic rings. The Kier molecular flexibility index (Phi) is 5.81. The SMILES string of the molecule is COc1cc(/C=C2\Oc3c(ccc4c3CN(Cc3ccncc3)CO4)C2=O)cc(OC)c1OC. The minimum atomic E-state index is -0.183. The van der Waals surface area contributed by atoms with Crippen molar-refractivity contribution in [3.63, 3.8) is 0 Å². The van der Waals surface area contributed by atoms with Crippen LogP contribution in [0, 0.1) is 0 Å². The Hall–Kier alpha value is -4.04. The molecule has 174 valence electrons. The standard InChI is InChI=1S/C26H24N2O6/c1-30-22-11-17(12-23(31-2)26(22)32-3)10-21-24(29)18-4-5-20-19(25(18)34-21)14-28(15-33-20)13-16-6-8-27-9-7-16/h4-12H,13-15H2,1-3H3/b21-10-. The quantitative estimate of drug-likeness (QED) is 0.510. The summed E-state index contributed by atoms with van der Waals surface area (Å²) in [5.74, 6) is 2.78. The fraction of sp³-hybridized carbons (Fsp3) is 0.231. The van der Waals surface area contributed by atoms with Gasteiger partial charge in [0.05, 0.1) is 32.5 Å². The van der Waals surface area contributed by atoms with Gasteiger partial charge in [0.25, 0.3) is 0 Å². The highest BCUT2D eigenvalue weighted by molar-refractivity contribution is 6.15. The van der Waals surface area contributed by atoms with Gasteiger partial charge in [0, 0.05) is 25.5 Å². The van der Waals surface area contributed by atoms with Crippen LogP contribution in [0.2, 0.25) is 0 Å². The van der Waals surface area contributed by atoms with Crippen LogP contribution in [0.5, 0.6) is 28.7 Å². The molecule has 0 saturated heterocycles. The second kappa shape index (κ2) is 9.07. The van der Waals surface area contributed by atoms with E-state index in [9.17, 15) is 4.79 Å². The first-order valence-corrected chi connectivity index (χ1v) is 10.8. The maximum absolute atomic E-state index is 13.1. The first-order chi connectivity index (χ1) is 16.6. The number of carbonyl (C=O) groups is 1. The zero-order valence-corrected chi connectivity index (χ0v) is 19.2. The van der Waals surface area contributed by atoms with Gasteiger partial charge in [0.1, 0.15) is 18.2 Å². The molecule has 0 amide bonds. The van der Waals surface area contributed by atoms with Crippen molar-refractivity contribution in [2.75, 3.05) is 28.1 Å². The number of Topliss-reactive ketones (excluding diaryl/α,β-unsaturated/α-hetero) is 1. The number of aromatic nitrogens is 1. The Morgan fingerprint density at radius 1 is 1.03 bits per heavy atom. The molecule has 2 aromatic carbocycles. The summed E-state index contributed by atoms with van der Waals surface area (Å²) in [5.41, 5.74) is 3.20. The van der Waals surface area contributed by atoms with Crippen LogP contribution in [0.4, 0.5) is 0 Å². The molecule has 0 bridgehead atoms. The third-order valence-corrected chi connectivity index (χ3v) is 5.82. The summed E-state index contributed by atoms with van der Waals surface area (Å²) in [4.78, 5) is 19.4. The topological polar surface area (TPSA) is 79.4 Å². The number of pyridine rings is 1. The molecule has 1 aromatic heterocycles. The fourth-order valence-corrected chi connectivity index (χ4v) is 4.19. The summed E-state index contributed by atoms with van der Waals surface area (Å²) in [6, 6.07) is 11.1. The second-order valence-corrected chi connectivity index (χ2v) is 7.93. The van der Waals surface area contributed by atoms with Crippen LogP contribution in [0.25, 0.3) is 6.08 Å². The predicted octanol–water partition coefficient (Wildman–Crippen LogP) is 4.08. The predicted molar refractivity (Wildman–Crippen MR) is 124 cm³/mol. The monoisotopic (exact) mass is 460 g/mol. The van der Waals surface area contributed by atoms with Gasteiger partial charge in [-0.25, -0.2) is 0 Å². The van der Waals surface area contributed by atoms with Gasteiger partial charge in [-0.15, -0.1) is 0 Å². The van der Waals surface area contributed by atoms with Gasteiger partial charge in [-0.2, -0.15) is 0 Å². The third-order valence-electron chi connectivity index (χ3n) is 5.82. The molecule has 3 aromatic rings. The molecule has 2 aliphatic heterocycles. The van der Waals surface area contributed by atoms with E-state index in [1.165, 1.54) is 0 Å². The van der Waals surface area contributed by atoms with Crippen LogP contribution in [0.15, 0.2) is 54.6 Å². The summed E-state index contributed by atoms with van der Waals surface area (Å²) in [5, 5.41) is 0. The fourth-order valence-electron chi connectivity index (χ4n) is 4.19. The molecular weight excluding hydrogens is 436 g/mol. The molecule has 5 rings (SSSR count). The summed E-state index contributed by atoms with van der Waals surface area (Å²) in [6.45, 7) is 1.76. The summed E-state index contributed by atoms with van der Waals surface area (Å²) in [7, 11) is 4.64. The lowest BCUT2D eigenvalue weighted by molar-refractivity contribution is 0.0872. The number of fused-ring (bicyclic) bond motifs is 3. The van der Waals surface area contributed by atoms with E-state index >= 15 is 0 Å². The van der Waals surface area contributed by atoms with E-state index in [1.807, 2.05) is 18.2 Å². The average Bonchev–Trinajstić information content (AvgIpc) is 3.19. The molecule has 0 saturated carbocycles. The van der Waals surface area contributed by atoms with Crippen molar-refractivity contribution in [3.05, 3.63) is 76.8 Å². The van der Waals surface area contributed by atoms with E-state index in [1.54, 1.807) is 58.0 Å². The van der Waals surface area contributed by atoms with Crippen molar-refractivity contribution in [3.8, 4) is 28.7 Å². The molecule has 0 fully saturated rings. The van der Waals surface area contributed by atoms with E-state index in [0.717, 1.165) is 16.9 Å². The van der Waals surface area contributed by atoms with Gasteiger partial charge in [-0.3, -0.25) is 14.7 Å². The molecule has 8 heteroatoms. The number of hydrogen-bond donors (Lipinski definition) is 0. The van der Waals surface area contributed by atoms with Gasteiger partial charge >= 0.3 is 0 Å². The van der Waals surface area contributed by atoms with Crippen molar-refractivity contribution in [1.82, 2.24) is 9.88 Å². The molecule has 34 heavy (non-hydrogen) atoms. The van der Waals surface area contributed by atoms with Crippen molar-refractivity contribution in [1.29, 1.82) is 0 Å². The van der Waals surface area contributed by atoms with Gasteiger partial charge in [-0.1, -0.05) is 0 Å². The van der Waals surface area contributed by atoms with Gasteiger partial charge in [0.2, 0.25) is 11.5 Å². The maximum Gasteiger partial charge on any atom is 0.231 e. The number of hydrogen-bond acceptors (Lipinski definition) is 8. The number of methoxy groups -OCH3 is 3. The zero-order chi connectivity index (χ0) is 23.7. The van der Waals surface area contributed by atoms with Crippen molar-refractivity contribution >= 4 is 11.9 Å². The van der Waals surface area contributed by atoms with E-state index in [0.29, 0.717) is 53.9 Å². The Labute approximate surface area is 197 Å². The van der Waals surface area contributed by atoms with E-state index in [2.05, 4.69) is 9.88 Å². The minimum Gasteiger partial charge on any atom is -0.493 e. The lowest BCUT2D eigenvalue weighted by Crippen LogP contribution is -2.31. The number of carbonyl (C=O) groups excluding carboxylic acids is 1. The van der Waals surface area contributed by atoms with Crippen LogP contribution >= 0.6 is 0 Å². The molecule has 0 aliphatic carbocycles. The van der Waals surface area contributed by atoms with Crippen LogP contribution < -0.4 is 23.7 Å². The lowest BCUT2D eigenvalue weighted by Gasteiger charge is -2.29. The van der Waals surface area contributed by atoms with Crippen molar-refractivity contribution in [2.24, 2.45) is 0 Å². The Morgan fingerprint density at radius 2 is 1.76 bits per heavy atom. The first kappa shape index (κ1) is 21.8. The van der Waals surface area contributed by atoms with Crippen molar-refractivity contribution in [2.45, 2.75) is 13.1 Å². The van der Waals surface area contributed by atoms with Crippen molar-refractivity contribution < 1.29 is 28.5 Å². The number of rotatable bonds is 6. The summed E-state index contributed by atoms with van der Waals surface area (Å²) in [6.07, 6.45) is 5.22. The molecule has 0 radical (unpaired) electrons. The van der Waals surface area contributed by atoms with E-state index in [-0.39, 0.29) is 11.5 Å². The normalized spacial score (nSPS) is 15.9. The molecule has 3 heterocycles. The molecule has 8 nitrogen and oxygen atoms in total. The number of allylic oxidation sites excluding steroid dienone is 1. The summed E-state index contributed by atoms with van der Waals surface area (Å²) < 4.78 is 28.3. The zero-order valence-electron chi connectivity index (χ0n) is 19.2. The highest BCUT2D eigenvalue weighted by Crippen LogP contribution is 2.43. The van der Waals surface area contributed by atoms with Gasteiger partial charge in [-0.05, 0) is 53.6 Å². The highest BCUT2D eigenvalue weighted by atomic mass is 16.5. The number of ketones is 1. The molecule has 0 N–H and O–H groups in total. The van der Waals surface area contributed by atoms with Gasteiger partial charge in [0.15, 0.2) is 17.3 Å². The van der Waals surface area contributed by atoms with Gasteiger partial charge < -0.3 is 23.7 Å².